The summed E-state index contributed by atoms with van der Waals surface area (Å²) in [5, 5.41) is 3.67. The zero-order valence-electron chi connectivity index (χ0n) is 9.19. The van der Waals surface area contributed by atoms with Gasteiger partial charge in [0.2, 0.25) is 0 Å². The molecule has 0 spiro atoms. The Morgan fingerprint density at radius 1 is 1.37 bits per heavy atom. The van der Waals surface area contributed by atoms with Crippen LogP contribution in [0.5, 0.6) is 0 Å². The normalized spacial score (nSPS) is 11.8. The fraction of sp³-hybridized carbons (Fsp3) is 0. The van der Waals surface area contributed by atoms with Gasteiger partial charge in [-0.3, -0.25) is 9.12 Å². The average Bonchev–Trinajstić information content (AvgIpc) is 2.94. The Labute approximate surface area is 117 Å². The standard InChI is InChI=1S/C9H6ClN5O2S2/c10-8-9(15-4-2-1-3-6(15)12-8)19(16,17)13-7-5-11-14-18-7/h1-5,13H. The van der Waals surface area contributed by atoms with Gasteiger partial charge in [0.25, 0.3) is 10.0 Å². The molecule has 3 rings (SSSR count). The average molecular weight is 316 g/mol. The number of hydrogen-bond acceptors (Lipinski definition) is 6. The third-order valence-corrected chi connectivity index (χ3v) is 4.77. The quantitative estimate of drug-likeness (QED) is 0.793. The van der Waals surface area contributed by atoms with E-state index in [4.69, 9.17) is 11.6 Å². The molecule has 0 amide bonds. The van der Waals surface area contributed by atoms with Crippen molar-refractivity contribution in [2.75, 3.05) is 4.72 Å². The SMILES string of the molecule is O=S(=O)(Nc1cnns1)c1c(Cl)nc2ccccn12. The van der Waals surface area contributed by atoms with Gasteiger partial charge in [0.05, 0.1) is 6.20 Å². The fourth-order valence-corrected chi connectivity index (χ4v) is 3.91. The van der Waals surface area contributed by atoms with Crippen molar-refractivity contribution in [3.63, 3.8) is 0 Å². The Bertz CT molecular complexity index is 828. The maximum Gasteiger partial charge on any atom is 0.281 e. The number of anilines is 1. The number of pyridine rings is 1. The highest BCUT2D eigenvalue weighted by atomic mass is 35.5. The van der Waals surface area contributed by atoms with Gasteiger partial charge in [0.1, 0.15) is 10.6 Å². The van der Waals surface area contributed by atoms with E-state index in [9.17, 15) is 8.42 Å². The molecule has 3 heterocycles. The molecular weight excluding hydrogens is 310 g/mol. The predicted octanol–water partition coefficient (Wildman–Crippen LogP) is 1.64. The van der Waals surface area contributed by atoms with Crippen molar-refractivity contribution in [3.8, 4) is 0 Å². The van der Waals surface area contributed by atoms with Crippen LogP contribution in [0.4, 0.5) is 5.00 Å². The van der Waals surface area contributed by atoms with Crippen LogP contribution >= 0.6 is 23.1 Å². The van der Waals surface area contributed by atoms with E-state index in [0.717, 1.165) is 11.5 Å². The molecule has 0 saturated carbocycles. The molecule has 0 atom stereocenters. The highest BCUT2D eigenvalue weighted by Gasteiger charge is 2.24. The van der Waals surface area contributed by atoms with E-state index in [1.54, 1.807) is 24.4 Å². The summed E-state index contributed by atoms with van der Waals surface area (Å²) < 4.78 is 31.9. The number of imidazole rings is 1. The first-order valence-electron chi connectivity index (χ1n) is 5.01. The second-order valence-electron chi connectivity index (χ2n) is 3.52. The topological polar surface area (TPSA) is 89.2 Å². The summed E-state index contributed by atoms with van der Waals surface area (Å²) in [6.45, 7) is 0. The van der Waals surface area contributed by atoms with Crippen LogP contribution in [0, 0.1) is 0 Å². The van der Waals surface area contributed by atoms with E-state index < -0.39 is 10.0 Å². The van der Waals surface area contributed by atoms with Gasteiger partial charge in [-0.25, -0.2) is 4.98 Å². The second kappa shape index (κ2) is 4.44. The molecule has 0 saturated heterocycles. The van der Waals surface area contributed by atoms with Gasteiger partial charge in [0.15, 0.2) is 10.2 Å². The second-order valence-corrected chi connectivity index (χ2v) is 6.27. The van der Waals surface area contributed by atoms with Crippen LogP contribution in [-0.4, -0.2) is 27.4 Å². The third kappa shape index (κ3) is 2.15. The van der Waals surface area contributed by atoms with Gasteiger partial charge in [-0.2, -0.15) is 8.42 Å². The summed E-state index contributed by atoms with van der Waals surface area (Å²) in [5.74, 6) is 0. The predicted molar refractivity (Wildman–Crippen MR) is 70.9 cm³/mol. The molecule has 0 unspecified atom stereocenters. The Balaban J connectivity index is 2.15. The van der Waals surface area contributed by atoms with E-state index in [2.05, 4.69) is 19.3 Å². The molecule has 0 fully saturated rings. The first kappa shape index (κ1) is 12.3. The van der Waals surface area contributed by atoms with Gasteiger partial charge in [-0.05, 0) is 12.1 Å². The van der Waals surface area contributed by atoms with Gasteiger partial charge in [-0.1, -0.05) is 22.2 Å². The number of fused-ring (bicyclic) bond motifs is 1. The minimum Gasteiger partial charge on any atom is -0.288 e. The zero-order chi connectivity index (χ0) is 13.5. The van der Waals surface area contributed by atoms with Gasteiger partial charge < -0.3 is 0 Å². The van der Waals surface area contributed by atoms with Crippen molar-refractivity contribution in [2.24, 2.45) is 0 Å². The molecular formula is C9H6ClN5O2S2. The lowest BCUT2D eigenvalue weighted by atomic mass is 10.5. The zero-order valence-corrected chi connectivity index (χ0v) is 11.6. The summed E-state index contributed by atoms with van der Waals surface area (Å²) in [5.41, 5.74) is 0.454. The van der Waals surface area contributed by atoms with E-state index >= 15 is 0 Å². The smallest absolute Gasteiger partial charge is 0.281 e. The Kier molecular flexibility index (Phi) is 2.88. The van der Waals surface area contributed by atoms with Crippen LogP contribution in [0.15, 0.2) is 35.6 Å². The maximum absolute atomic E-state index is 12.3. The summed E-state index contributed by atoms with van der Waals surface area (Å²) in [7, 11) is -3.85. The third-order valence-electron chi connectivity index (χ3n) is 2.30. The first-order valence-corrected chi connectivity index (χ1v) is 7.64. The van der Waals surface area contributed by atoms with Crippen molar-refractivity contribution in [3.05, 3.63) is 35.7 Å². The van der Waals surface area contributed by atoms with E-state index in [-0.39, 0.29) is 10.2 Å². The van der Waals surface area contributed by atoms with Crippen molar-refractivity contribution in [2.45, 2.75) is 5.03 Å². The van der Waals surface area contributed by atoms with Gasteiger partial charge in [-0.15, -0.1) is 5.10 Å². The van der Waals surface area contributed by atoms with Crippen molar-refractivity contribution >= 4 is 43.8 Å². The Morgan fingerprint density at radius 3 is 2.95 bits per heavy atom. The molecule has 3 aromatic heterocycles. The number of nitrogens with zero attached hydrogens (tertiary/aromatic N) is 4. The van der Waals surface area contributed by atoms with Crippen molar-refractivity contribution in [1.29, 1.82) is 0 Å². The number of halogens is 1. The lowest BCUT2D eigenvalue weighted by Gasteiger charge is -2.04. The minimum atomic E-state index is -3.85. The molecule has 0 aliphatic rings. The molecule has 19 heavy (non-hydrogen) atoms. The Morgan fingerprint density at radius 2 is 2.21 bits per heavy atom. The monoisotopic (exact) mass is 315 g/mol. The summed E-state index contributed by atoms with van der Waals surface area (Å²) in [4.78, 5) is 3.99. The van der Waals surface area contributed by atoms with Gasteiger partial charge >= 0.3 is 0 Å². The number of rotatable bonds is 3. The fourth-order valence-electron chi connectivity index (χ4n) is 1.58. The number of hydrogen-bond donors (Lipinski definition) is 1. The molecule has 0 aliphatic carbocycles. The number of sulfonamides is 1. The molecule has 10 heteroatoms. The maximum atomic E-state index is 12.3. The Hall–Kier alpha value is -1.71. The van der Waals surface area contributed by atoms with Gasteiger partial charge in [0, 0.05) is 17.7 Å². The lowest BCUT2D eigenvalue weighted by molar-refractivity contribution is 0.596. The molecule has 0 radical (unpaired) electrons. The highest BCUT2D eigenvalue weighted by Crippen LogP contribution is 2.25. The first-order chi connectivity index (χ1) is 9.08. The highest BCUT2D eigenvalue weighted by molar-refractivity contribution is 7.93. The molecule has 1 N–H and O–H groups in total. The summed E-state index contributed by atoms with van der Waals surface area (Å²) in [6, 6.07) is 5.10. The molecule has 0 aromatic carbocycles. The van der Waals surface area contributed by atoms with Crippen LogP contribution < -0.4 is 4.72 Å². The van der Waals surface area contributed by atoms with E-state index in [1.807, 2.05) is 0 Å². The van der Waals surface area contributed by atoms with E-state index in [1.165, 1.54) is 10.6 Å². The van der Waals surface area contributed by atoms with Crippen LogP contribution in [0.2, 0.25) is 5.15 Å². The largest absolute Gasteiger partial charge is 0.288 e. The van der Waals surface area contributed by atoms with Crippen LogP contribution in [0.1, 0.15) is 0 Å². The van der Waals surface area contributed by atoms with Crippen LogP contribution in [0.3, 0.4) is 0 Å². The van der Waals surface area contributed by atoms with Crippen molar-refractivity contribution < 1.29 is 8.42 Å². The number of aromatic nitrogens is 4. The molecule has 0 bridgehead atoms. The van der Waals surface area contributed by atoms with Crippen molar-refractivity contribution in [1.82, 2.24) is 19.0 Å². The van der Waals surface area contributed by atoms with Crippen LogP contribution in [0.25, 0.3) is 5.65 Å². The molecule has 7 nitrogen and oxygen atoms in total. The molecule has 3 aromatic rings. The summed E-state index contributed by atoms with van der Waals surface area (Å²) >= 11 is 6.85. The molecule has 0 aliphatic heterocycles. The summed E-state index contributed by atoms with van der Waals surface area (Å²) in [6.07, 6.45) is 2.90. The van der Waals surface area contributed by atoms with E-state index in [0.29, 0.717) is 10.6 Å². The number of nitrogens with one attached hydrogen (secondary N) is 1. The van der Waals surface area contributed by atoms with Crippen LogP contribution in [-0.2, 0) is 10.0 Å². The molecule has 98 valence electrons. The minimum absolute atomic E-state index is 0.0869. The lowest BCUT2D eigenvalue weighted by Crippen LogP contribution is -2.14.